The van der Waals surface area contributed by atoms with E-state index in [1.54, 1.807) is 0 Å². The Bertz CT molecular complexity index is 1510. The Balaban J connectivity index is 1.34. The fraction of sp³-hybridized carbons (Fsp3) is 0.290. The molecule has 2 aliphatic rings. The van der Waals surface area contributed by atoms with Crippen LogP contribution in [-0.2, 0) is 11.3 Å². The number of pyridine rings is 2. The highest BCUT2D eigenvalue weighted by Gasteiger charge is 2.59. The maximum atomic E-state index is 6.67. The fourth-order valence-corrected chi connectivity index (χ4v) is 5.02. The molecule has 36 heavy (non-hydrogen) atoms. The Morgan fingerprint density at radius 1 is 0.806 bits per heavy atom. The Kier molecular flexibility index (Phi) is 5.84. The zero-order valence-corrected chi connectivity index (χ0v) is 21.0. The smallest absolute Gasteiger partial charge is 0.255 e. The molecule has 4 aromatic rings. The van der Waals surface area contributed by atoms with Crippen LogP contribution < -0.4 is 14.0 Å². The molecule has 3 atom stereocenters. The van der Waals surface area contributed by atoms with Crippen LogP contribution in [0.4, 0.5) is 0 Å². The van der Waals surface area contributed by atoms with Gasteiger partial charge in [-0.05, 0) is 69.2 Å². The minimum atomic E-state index is -0.246. The van der Waals surface area contributed by atoms with Crippen molar-refractivity contribution in [1.29, 1.82) is 0 Å². The second-order valence-electron chi connectivity index (χ2n) is 9.53. The van der Waals surface area contributed by atoms with Crippen LogP contribution in [0.2, 0.25) is 0 Å². The molecule has 2 aliphatic carbocycles. The SMILES string of the molecule is CC[n+]1c(C)ccc2cccc(OC3C(OC4=CCCC=C4)C3Oc3cccc4ccc(C)nc34)c21. The number of benzene rings is 2. The molecular weight excluding hydrogens is 448 g/mol. The zero-order valence-electron chi connectivity index (χ0n) is 21.0. The van der Waals surface area contributed by atoms with E-state index in [-0.39, 0.29) is 18.3 Å². The van der Waals surface area contributed by atoms with Crippen molar-refractivity contribution in [2.45, 2.75) is 58.5 Å². The summed E-state index contributed by atoms with van der Waals surface area (Å²) in [6.45, 7) is 7.16. The standard InChI is InChI=1S/C31H31N2O3/c1-4-33-21(3)17-19-23-11-9-15-26(28(23)33)36-31-29(34-24-12-6-5-7-13-24)30(31)35-25-14-8-10-22-18-16-20(2)32-27(22)25/h6,8-19,29-31H,4-5,7H2,1-3H3/q+1. The molecule has 2 heterocycles. The molecule has 5 heteroatoms. The minimum absolute atomic E-state index is 0.214. The molecule has 0 spiro atoms. The molecule has 1 fully saturated rings. The molecule has 2 aromatic heterocycles. The van der Waals surface area contributed by atoms with Gasteiger partial charge in [0.2, 0.25) is 0 Å². The summed E-state index contributed by atoms with van der Waals surface area (Å²) in [6, 6.07) is 20.7. The van der Waals surface area contributed by atoms with E-state index in [1.165, 1.54) is 5.69 Å². The monoisotopic (exact) mass is 479 g/mol. The van der Waals surface area contributed by atoms with Gasteiger partial charge >= 0.3 is 0 Å². The highest BCUT2D eigenvalue weighted by Crippen LogP contribution is 2.40. The maximum Gasteiger partial charge on any atom is 0.255 e. The lowest BCUT2D eigenvalue weighted by molar-refractivity contribution is -0.674. The van der Waals surface area contributed by atoms with Crippen LogP contribution in [0.1, 0.15) is 31.2 Å². The molecule has 3 unspecified atom stereocenters. The zero-order chi connectivity index (χ0) is 24.6. The molecule has 182 valence electrons. The second-order valence-corrected chi connectivity index (χ2v) is 9.53. The molecule has 0 saturated heterocycles. The third-order valence-corrected chi connectivity index (χ3v) is 6.96. The van der Waals surface area contributed by atoms with Crippen LogP contribution in [0.15, 0.2) is 84.7 Å². The van der Waals surface area contributed by atoms with Crippen molar-refractivity contribution in [3.63, 3.8) is 0 Å². The molecule has 2 aromatic carbocycles. The number of fused-ring (bicyclic) bond motifs is 2. The van der Waals surface area contributed by atoms with Crippen molar-refractivity contribution in [3.05, 3.63) is 96.0 Å². The highest BCUT2D eigenvalue weighted by atomic mass is 16.6. The largest absolute Gasteiger partial charge is 0.483 e. The van der Waals surface area contributed by atoms with E-state index in [0.29, 0.717) is 0 Å². The molecule has 1 saturated carbocycles. The number of allylic oxidation sites excluding steroid dienone is 3. The van der Waals surface area contributed by atoms with E-state index in [1.807, 2.05) is 43.3 Å². The van der Waals surface area contributed by atoms with Crippen molar-refractivity contribution >= 4 is 21.8 Å². The van der Waals surface area contributed by atoms with E-state index in [0.717, 1.165) is 64.1 Å². The summed E-state index contributed by atoms with van der Waals surface area (Å²) >= 11 is 0. The highest BCUT2D eigenvalue weighted by molar-refractivity contribution is 5.84. The number of para-hydroxylation sites is 2. The van der Waals surface area contributed by atoms with Gasteiger partial charge in [-0.3, -0.25) is 0 Å². The summed E-state index contributed by atoms with van der Waals surface area (Å²) < 4.78 is 21.9. The van der Waals surface area contributed by atoms with Crippen molar-refractivity contribution < 1.29 is 18.8 Å². The minimum Gasteiger partial charge on any atom is -0.483 e. The average molecular weight is 480 g/mol. The number of hydrogen-bond acceptors (Lipinski definition) is 4. The number of nitrogens with zero attached hydrogens (tertiary/aromatic N) is 2. The predicted octanol–water partition coefficient (Wildman–Crippen LogP) is 6.14. The second kappa shape index (κ2) is 9.30. The van der Waals surface area contributed by atoms with E-state index >= 15 is 0 Å². The summed E-state index contributed by atoms with van der Waals surface area (Å²) in [5.41, 5.74) is 4.13. The van der Waals surface area contributed by atoms with Gasteiger partial charge < -0.3 is 14.2 Å². The first kappa shape index (κ1) is 22.6. The van der Waals surface area contributed by atoms with Crippen LogP contribution in [-0.4, -0.2) is 23.3 Å². The molecular formula is C31H31N2O3+. The van der Waals surface area contributed by atoms with E-state index < -0.39 is 0 Å². The van der Waals surface area contributed by atoms with Crippen LogP contribution >= 0.6 is 0 Å². The first-order valence-corrected chi connectivity index (χ1v) is 12.8. The average Bonchev–Trinajstić information content (AvgIpc) is 3.53. The van der Waals surface area contributed by atoms with E-state index in [4.69, 9.17) is 19.2 Å². The maximum absolute atomic E-state index is 6.67. The topological polar surface area (TPSA) is 44.5 Å². The van der Waals surface area contributed by atoms with Crippen LogP contribution in [0, 0.1) is 13.8 Å². The number of aryl methyl sites for hydroxylation is 3. The van der Waals surface area contributed by atoms with Crippen LogP contribution in [0.3, 0.4) is 0 Å². The van der Waals surface area contributed by atoms with Gasteiger partial charge in [0, 0.05) is 24.1 Å². The van der Waals surface area contributed by atoms with E-state index in [9.17, 15) is 0 Å². The number of ether oxygens (including phenoxy) is 3. The lowest BCUT2D eigenvalue weighted by Crippen LogP contribution is -2.37. The van der Waals surface area contributed by atoms with Gasteiger partial charge in [0.25, 0.3) is 5.52 Å². The number of rotatable bonds is 7. The summed E-state index contributed by atoms with van der Waals surface area (Å²) in [5, 5.41) is 2.21. The number of hydrogen-bond donors (Lipinski definition) is 0. The molecule has 5 nitrogen and oxygen atoms in total. The van der Waals surface area contributed by atoms with Gasteiger partial charge in [-0.15, -0.1) is 0 Å². The quantitative estimate of drug-likeness (QED) is 0.299. The Morgan fingerprint density at radius 2 is 1.53 bits per heavy atom. The van der Waals surface area contributed by atoms with Gasteiger partial charge in [-0.1, -0.05) is 30.3 Å². The predicted molar refractivity (Wildman–Crippen MR) is 141 cm³/mol. The van der Waals surface area contributed by atoms with Gasteiger partial charge in [-0.2, -0.15) is 4.57 Å². The molecule has 6 rings (SSSR count). The Morgan fingerprint density at radius 3 is 2.31 bits per heavy atom. The Hall–Kier alpha value is -3.86. The fourth-order valence-electron chi connectivity index (χ4n) is 5.02. The summed E-state index contributed by atoms with van der Waals surface area (Å²) in [4.78, 5) is 4.75. The molecule has 0 radical (unpaired) electrons. The summed E-state index contributed by atoms with van der Waals surface area (Å²) in [7, 11) is 0. The molecule has 0 N–H and O–H groups in total. The van der Waals surface area contributed by atoms with Crippen molar-refractivity contribution in [1.82, 2.24) is 4.98 Å². The first-order valence-electron chi connectivity index (χ1n) is 12.8. The van der Waals surface area contributed by atoms with E-state index in [2.05, 4.69) is 60.9 Å². The third-order valence-electron chi connectivity index (χ3n) is 6.96. The first-order chi connectivity index (χ1) is 17.6. The van der Waals surface area contributed by atoms with Crippen LogP contribution in [0.5, 0.6) is 11.5 Å². The van der Waals surface area contributed by atoms with Crippen molar-refractivity contribution in [2.24, 2.45) is 0 Å². The van der Waals surface area contributed by atoms with Gasteiger partial charge in [0.15, 0.2) is 29.8 Å². The molecule has 0 bridgehead atoms. The third kappa shape index (κ3) is 4.19. The lowest BCUT2D eigenvalue weighted by atomic mass is 10.1. The molecule has 0 amide bonds. The van der Waals surface area contributed by atoms with Crippen LogP contribution in [0.25, 0.3) is 21.8 Å². The Labute approximate surface area is 211 Å². The van der Waals surface area contributed by atoms with Crippen molar-refractivity contribution in [3.8, 4) is 11.5 Å². The van der Waals surface area contributed by atoms with Gasteiger partial charge in [0.05, 0.1) is 5.39 Å². The summed E-state index contributed by atoms with van der Waals surface area (Å²) in [5.74, 6) is 2.49. The molecule has 0 aliphatic heterocycles. The van der Waals surface area contributed by atoms with Gasteiger partial charge in [-0.25, -0.2) is 4.98 Å². The lowest BCUT2D eigenvalue weighted by Gasteiger charge is -2.11. The summed E-state index contributed by atoms with van der Waals surface area (Å²) in [6.07, 6.45) is 7.67. The van der Waals surface area contributed by atoms with Gasteiger partial charge in [0.1, 0.15) is 23.6 Å². The normalized spacial score (nSPS) is 20.9. The van der Waals surface area contributed by atoms with Crippen molar-refractivity contribution in [2.75, 3.05) is 0 Å². The number of aromatic nitrogens is 2.